The molecule has 1 aliphatic rings. The molecular weight excluding hydrogens is 164 g/mol. The van der Waals surface area contributed by atoms with Crippen LogP contribution in [0.15, 0.2) is 0 Å². The lowest BCUT2D eigenvalue weighted by atomic mass is 10.4. The third-order valence-electron chi connectivity index (χ3n) is 1.11. The molecule has 12 heavy (non-hydrogen) atoms. The van der Waals surface area contributed by atoms with Crippen molar-refractivity contribution in [1.82, 2.24) is 5.43 Å². The third kappa shape index (κ3) is 7.26. The van der Waals surface area contributed by atoms with E-state index >= 15 is 0 Å². The van der Waals surface area contributed by atoms with Gasteiger partial charge < -0.3 is 14.6 Å². The molecule has 4 N–H and O–H groups in total. The fraction of sp³-hybridized carbons (Fsp3) is 0.833. The van der Waals surface area contributed by atoms with E-state index in [0.29, 0.717) is 6.10 Å². The molecule has 0 spiro atoms. The lowest BCUT2D eigenvalue weighted by Gasteiger charge is -2.18. The molecule has 1 amide bonds. The summed E-state index contributed by atoms with van der Waals surface area (Å²) in [7, 11) is 0. The number of carbonyl (C=O) groups is 1. The Morgan fingerprint density at radius 2 is 2.25 bits per heavy atom. The molecule has 0 saturated carbocycles. The van der Waals surface area contributed by atoms with Crippen molar-refractivity contribution in [2.24, 2.45) is 5.84 Å². The number of carboxylic acid groups (broad SMARTS) is 1. The Balaban J connectivity index is 0.000000217. The van der Waals surface area contributed by atoms with Crippen molar-refractivity contribution >= 4 is 6.09 Å². The number of amides is 1. The quantitative estimate of drug-likeness (QED) is 0.265. The Bertz CT molecular complexity index is 125. The predicted molar refractivity (Wildman–Crippen MR) is 41.6 cm³/mol. The number of hydrazine groups is 1. The largest absolute Gasteiger partial charge is 0.464 e. The summed E-state index contributed by atoms with van der Waals surface area (Å²) >= 11 is 0. The van der Waals surface area contributed by atoms with Gasteiger partial charge in [-0.25, -0.2) is 10.6 Å². The summed E-state index contributed by atoms with van der Waals surface area (Å²) in [6.07, 6.45) is -0.904. The van der Waals surface area contributed by atoms with Crippen LogP contribution in [-0.4, -0.2) is 37.1 Å². The maximum atomic E-state index is 9.13. The molecule has 1 fully saturated rings. The van der Waals surface area contributed by atoms with Crippen LogP contribution in [0.1, 0.15) is 6.92 Å². The molecule has 1 heterocycles. The van der Waals surface area contributed by atoms with Crippen LogP contribution in [-0.2, 0) is 9.47 Å². The molecule has 72 valence electrons. The van der Waals surface area contributed by atoms with E-state index in [1.165, 1.54) is 5.43 Å². The van der Waals surface area contributed by atoms with Crippen molar-refractivity contribution in [3.8, 4) is 0 Å². The molecule has 0 radical (unpaired) electrons. The van der Waals surface area contributed by atoms with E-state index < -0.39 is 6.09 Å². The fourth-order valence-corrected chi connectivity index (χ4v) is 0.606. The monoisotopic (exact) mass is 178 g/mol. The first-order chi connectivity index (χ1) is 5.66. The van der Waals surface area contributed by atoms with Crippen molar-refractivity contribution in [2.45, 2.75) is 13.0 Å². The van der Waals surface area contributed by atoms with Gasteiger partial charge >= 0.3 is 6.09 Å². The summed E-state index contributed by atoms with van der Waals surface area (Å²) in [5, 5.41) is 7.49. The molecule has 0 aromatic heterocycles. The Morgan fingerprint density at radius 3 is 2.42 bits per heavy atom. The highest BCUT2D eigenvalue weighted by atomic mass is 16.6. The van der Waals surface area contributed by atoms with Crippen LogP contribution in [0.2, 0.25) is 0 Å². The minimum atomic E-state index is -1.22. The van der Waals surface area contributed by atoms with E-state index in [1.807, 2.05) is 6.92 Å². The predicted octanol–water partition coefficient (Wildman–Crippen LogP) is -0.451. The van der Waals surface area contributed by atoms with E-state index in [4.69, 9.17) is 19.4 Å². The summed E-state index contributed by atoms with van der Waals surface area (Å²) in [6, 6.07) is 0. The zero-order chi connectivity index (χ0) is 9.40. The van der Waals surface area contributed by atoms with Crippen LogP contribution < -0.4 is 11.3 Å². The second kappa shape index (κ2) is 6.84. The highest BCUT2D eigenvalue weighted by Gasteiger charge is 2.06. The molecule has 1 unspecified atom stereocenters. The van der Waals surface area contributed by atoms with Crippen molar-refractivity contribution in [3.63, 3.8) is 0 Å². The van der Waals surface area contributed by atoms with E-state index in [1.54, 1.807) is 0 Å². The average molecular weight is 178 g/mol. The first-order valence-corrected chi connectivity index (χ1v) is 3.55. The molecule has 6 nitrogen and oxygen atoms in total. The second-order valence-electron chi connectivity index (χ2n) is 2.21. The van der Waals surface area contributed by atoms with Crippen LogP contribution >= 0.6 is 0 Å². The summed E-state index contributed by atoms with van der Waals surface area (Å²) in [6.45, 7) is 4.31. The van der Waals surface area contributed by atoms with Gasteiger partial charge in [-0.2, -0.15) is 0 Å². The summed E-state index contributed by atoms with van der Waals surface area (Å²) in [4.78, 5) is 9.13. The van der Waals surface area contributed by atoms with Crippen molar-refractivity contribution in [1.29, 1.82) is 0 Å². The van der Waals surface area contributed by atoms with E-state index in [9.17, 15) is 0 Å². The standard InChI is InChI=1S/C5H10O2.CH4N2O2/c1-5-4-6-2-3-7-5;2-3-1(4)5/h5H,2-4H2,1H3;3H,2H2,(H,4,5). The molecule has 1 saturated heterocycles. The molecule has 1 rings (SSSR count). The maximum Gasteiger partial charge on any atom is 0.418 e. The first kappa shape index (κ1) is 11.2. The zero-order valence-corrected chi connectivity index (χ0v) is 6.95. The normalized spacial score (nSPS) is 22.0. The van der Waals surface area contributed by atoms with Gasteiger partial charge in [0.05, 0.1) is 25.9 Å². The molecule has 0 aliphatic carbocycles. The number of hydrogen-bond acceptors (Lipinski definition) is 4. The van der Waals surface area contributed by atoms with Crippen molar-refractivity contribution in [3.05, 3.63) is 0 Å². The van der Waals surface area contributed by atoms with Gasteiger partial charge in [-0.3, -0.25) is 5.43 Å². The third-order valence-corrected chi connectivity index (χ3v) is 1.11. The van der Waals surface area contributed by atoms with Crippen LogP contribution in [0, 0.1) is 0 Å². The maximum absolute atomic E-state index is 9.13. The van der Waals surface area contributed by atoms with E-state index in [2.05, 4.69) is 5.84 Å². The lowest BCUT2D eigenvalue weighted by molar-refractivity contribution is -0.0797. The number of ether oxygens (including phenoxy) is 2. The van der Waals surface area contributed by atoms with Gasteiger partial charge in [0.2, 0.25) is 0 Å². The van der Waals surface area contributed by atoms with E-state index in [0.717, 1.165) is 19.8 Å². The summed E-state index contributed by atoms with van der Waals surface area (Å²) in [5.74, 6) is 4.32. The lowest BCUT2D eigenvalue weighted by Crippen LogP contribution is -2.27. The number of hydrogen-bond donors (Lipinski definition) is 3. The van der Waals surface area contributed by atoms with Crippen LogP contribution in [0.25, 0.3) is 0 Å². The highest BCUT2D eigenvalue weighted by molar-refractivity contribution is 5.63. The van der Waals surface area contributed by atoms with Gasteiger partial charge in [0, 0.05) is 0 Å². The van der Waals surface area contributed by atoms with Crippen molar-refractivity contribution < 1.29 is 19.4 Å². The molecule has 1 aliphatic heterocycles. The average Bonchev–Trinajstić information content (AvgIpc) is 2.07. The van der Waals surface area contributed by atoms with Gasteiger partial charge in [0.25, 0.3) is 0 Å². The minimum Gasteiger partial charge on any atom is -0.464 e. The smallest absolute Gasteiger partial charge is 0.418 e. The molecule has 0 aromatic rings. The van der Waals surface area contributed by atoms with Gasteiger partial charge in [-0.1, -0.05) is 0 Å². The zero-order valence-electron chi connectivity index (χ0n) is 6.95. The number of rotatable bonds is 0. The summed E-state index contributed by atoms with van der Waals surface area (Å²) < 4.78 is 10.2. The SMILES string of the molecule is CC1COCCO1.NNC(=O)O. The van der Waals surface area contributed by atoms with Crippen LogP contribution in [0.4, 0.5) is 4.79 Å². The Labute approximate surface area is 70.6 Å². The van der Waals surface area contributed by atoms with Gasteiger partial charge in [0.15, 0.2) is 0 Å². The minimum absolute atomic E-state index is 0.314. The number of nitrogens with one attached hydrogen (secondary N) is 1. The molecule has 0 bridgehead atoms. The molecule has 6 heteroatoms. The Morgan fingerprint density at radius 1 is 1.67 bits per heavy atom. The van der Waals surface area contributed by atoms with Crippen LogP contribution in [0.3, 0.4) is 0 Å². The highest BCUT2D eigenvalue weighted by Crippen LogP contribution is 1.96. The summed E-state index contributed by atoms with van der Waals surface area (Å²) in [5.41, 5.74) is 1.44. The molecule has 1 atom stereocenters. The van der Waals surface area contributed by atoms with Gasteiger partial charge in [-0.05, 0) is 6.92 Å². The first-order valence-electron chi connectivity index (χ1n) is 3.55. The fourth-order valence-electron chi connectivity index (χ4n) is 0.606. The number of nitrogens with two attached hydrogens (primary N) is 1. The van der Waals surface area contributed by atoms with Crippen molar-refractivity contribution in [2.75, 3.05) is 19.8 Å². The van der Waals surface area contributed by atoms with Crippen LogP contribution in [0.5, 0.6) is 0 Å². The molecule has 0 aromatic carbocycles. The van der Waals surface area contributed by atoms with Gasteiger partial charge in [0.1, 0.15) is 0 Å². The molecular formula is C6H14N2O4. The Hall–Kier alpha value is -0.850. The second-order valence-corrected chi connectivity index (χ2v) is 2.21. The topological polar surface area (TPSA) is 93.8 Å². The van der Waals surface area contributed by atoms with Gasteiger partial charge in [-0.15, -0.1) is 0 Å². The Kier molecular flexibility index (Phi) is 6.35. The van der Waals surface area contributed by atoms with E-state index in [-0.39, 0.29) is 0 Å².